The number of hydrogen-bond acceptors (Lipinski definition) is 9. The van der Waals surface area contributed by atoms with E-state index in [2.05, 4.69) is 21.0 Å². The zero-order valence-electron chi connectivity index (χ0n) is 15.5. The Bertz CT molecular complexity index is 1140. The van der Waals surface area contributed by atoms with Crippen LogP contribution in [0.5, 0.6) is 0 Å². The average Bonchev–Trinajstić information content (AvgIpc) is 2.65. The van der Waals surface area contributed by atoms with E-state index in [-0.39, 0.29) is 14.5 Å². The lowest BCUT2D eigenvalue weighted by Gasteiger charge is -2.06. The van der Waals surface area contributed by atoms with Gasteiger partial charge in [0.05, 0.1) is 25.4 Å². The summed E-state index contributed by atoms with van der Waals surface area (Å²) in [5.74, 6) is -0.860. The van der Waals surface area contributed by atoms with E-state index in [9.17, 15) is 28.6 Å². The Labute approximate surface area is 183 Å². The molecule has 0 aliphatic heterocycles. The van der Waals surface area contributed by atoms with Gasteiger partial charge in [0.15, 0.2) is 5.56 Å². The van der Waals surface area contributed by atoms with Crippen molar-refractivity contribution in [3.63, 3.8) is 0 Å². The van der Waals surface area contributed by atoms with Crippen molar-refractivity contribution in [1.82, 2.24) is 5.17 Å². The van der Waals surface area contributed by atoms with Crippen molar-refractivity contribution in [3.8, 4) is 0 Å². The molecule has 2 aromatic rings. The number of hydroxylamine groups is 1. The van der Waals surface area contributed by atoms with Gasteiger partial charge in [-0.05, 0) is 41.1 Å². The zero-order chi connectivity index (χ0) is 23.9. The molecule has 14 nitrogen and oxygen atoms in total. The minimum atomic E-state index is -4.02. The second-order valence-electron chi connectivity index (χ2n) is 5.55. The molecular weight excluding hydrogens is 504 g/mol. The number of nitrogens with zero attached hydrogens (tertiary/aromatic N) is 4. The van der Waals surface area contributed by atoms with Crippen LogP contribution >= 0.6 is 15.9 Å². The number of halogens is 1. The van der Waals surface area contributed by atoms with Crippen molar-refractivity contribution < 1.29 is 28.0 Å². The van der Waals surface area contributed by atoms with Gasteiger partial charge in [0, 0.05) is 6.07 Å². The van der Waals surface area contributed by atoms with E-state index in [0.717, 1.165) is 17.7 Å². The summed E-state index contributed by atoms with van der Waals surface area (Å²) in [7, 11) is -4.02. The minimum Gasteiger partial charge on any atom is -0.367 e. The first kappa shape index (κ1) is 25.6. The fourth-order valence-electron chi connectivity index (χ4n) is 1.93. The summed E-state index contributed by atoms with van der Waals surface area (Å²) in [5.41, 5.74) is 4.22. The first-order valence-electron chi connectivity index (χ1n) is 7.78. The monoisotopic (exact) mass is 518 g/mol. The van der Waals surface area contributed by atoms with E-state index in [4.69, 9.17) is 20.9 Å². The molecule has 2 aromatic carbocycles. The van der Waals surface area contributed by atoms with E-state index in [1.807, 2.05) is 6.92 Å². The van der Waals surface area contributed by atoms with Crippen molar-refractivity contribution in [2.75, 3.05) is 0 Å². The summed E-state index contributed by atoms with van der Waals surface area (Å²) in [5, 5.41) is 40.8. The summed E-state index contributed by atoms with van der Waals surface area (Å²) in [6.07, 6.45) is 0.669. The number of aryl methyl sites for hydroxylation is 1. The Hall–Kier alpha value is -3.47. The first-order chi connectivity index (χ1) is 14.3. The molecule has 16 heteroatoms. The van der Waals surface area contributed by atoms with Gasteiger partial charge in [-0.15, -0.1) is 5.17 Å². The number of nitro benzene ring substituents is 2. The Kier molecular flexibility index (Phi) is 8.68. The normalized spacial score (nSPS) is 10.8. The molecule has 0 radical (unpaired) electrons. The van der Waals surface area contributed by atoms with Crippen LogP contribution in [0.2, 0.25) is 0 Å². The smallest absolute Gasteiger partial charge is 0.299 e. The van der Waals surface area contributed by atoms with Gasteiger partial charge in [0.1, 0.15) is 0 Å². The third-order valence-electron chi connectivity index (χ3n) is 3.35. The first-order valence-corrected chi connectivity index (χ1v) is 10.0. The van der Waals surface area contributed by atoms with E-state index in [1.165, 1.54) is 12.1 Å². The molecule has 0 spiro atoms. The number of nitro groups is 2. The molecule has 0 atom stereocenters. The summed E-state index contributed by atoms with van der Waals surface area (Å²) < 4.78 is 29.6. The van der Waals surface area contributed by atoms with Crippen LogP contribution in [0.25, 0.3) is 0 Å². The minimum absolute atomic E-state index is 0.00173. The quantitative estimate of drug-likeness (QED) is 0.148. The Morgan fingerprint density at radius 1 is 1.19 bits per heavy atom. The maximum Gasteiger partial charge on any atom is 0.299 e. The van der Waals surface area contributed by atoms with Gasteiger partial charge >= 0.3 is 0 Å². The molecule has 166 valence electrons. The molecule has 0 heterocycles. The summed E-state index contributed by atoms with van der Waals surface area (Å²) >= 11 is 2.90. The van der Waals surface area contributed by atoms with Gasteiger partial charge in [-0.25, -0.2) is 0 Å². The van der Waals surface area contributed by atoms with Gasteiger partial charge in [-0.3, -0.25) is 35.4 Å². The predicted octanol–water partition coefficient (Wildman–Crippen LogP) is 2.43. The maximum atomic E-state index is 10.9. The lowest BCUT2D eigenvalue weighted by Crippen LogP contribution is -2.29. The summed E-state index contributed by atoms with van der Waals surface area (Å²) in [4.78, 5) is 20.1. The van der Waals surface area contributed by atoms with E-state index >= 15 is 0 Å². The van der Waals surface area contributed by atoms with Gasteiger partial charge in [-0.1, -0.05) is 17.7 Å². The number of benzene rings is 2. The SMILES string of the molecule is Cc1ccc(S(=O)(=O)O)cc1.N=C(N)N(O)/N=C/c1c([N+](=O)[O-])ccc(Br)c1[N+](=O)[O-]. The molecule has 0 unspecified atom stereocenters. The Morgan fingerprint density at radius 2 is 1.74 bits per heavy atom. The summed E-state index contributed by atoms with van der Waals surface area (Å²) in [6.45, 7) is 1.84. The third kappa shape index (κ3) is 7.37. The van der Waals surface area contributed by atoms with Crippen molar-refractivity contribution >= 4 is 49.6 Å². The van der Waals surface area contributed by atoms with E-state index < -0.39 is 42.9 Å². The van der Waals surface area contributed by atoms with Crippen LogP contribution in [0.3, 0.4) is 0 Å². The van der Waals surface area contributed by atoms with Crippen molar-refractivity contribution in [3.05, 3.63) is 72.2 Å². The summed E-state index contributed by atoms with van der Waals surface area (Å²) in [6, 6.07) is 8.17. The Balaban J connectivity index is 0.000000367. The molecule has 0 amide bonds. The molecule has 0 saturated heterocycles. The third-order valence-corrected chi connectivity index (χ3v) is 4.86. The largest absolute Gasteiger partial charge is 0.367 e. The number of hydrazone groups is 1. The van der Waals surface area contributed by atoms with E-state index in [0.29, 0.717) is 6.21 Å². The second-order valence-corrected chi connectivity index (χ2v) is 7.83. The van der Waals surface area contributed by atoms with Crippen LogP contribution in [-0.4, -0.2) is 45.4 Å². The lowest BCUT2D eigenvalue weighted by atomic mass is 10.1. The van der Waals surface area contributed by atoms with Crippen molar-refractivity contribution in [2.45, 2.75) is 11.8 Å². The van der Waals surface area contributed by atoms with Crippen LogP contribution in [0.4, 0.5) is 11.4 Å². The van der Waals surface area contributed by atoms with Gasteiger partial charge in [0.2, 0.25) is 5.96 Å². The highest BCUT2D eigenvalue weighted by atomic mass is 79.9. The molecule has 5 N–H and O–H groups in total. The number of nitrogens with two attached hydrogens (primary N) is 1. The van der Waals surface area contributed by atoms with Crippen LogP contribution in [0.1, 0.15) is 11.1 Å². The van der Waals surface area contributed by atoms with Crippen LogP contribution in [-0.2, 0) is 10.1 Å². The number of hydrogen-bond donors (Lipinski definition) is 4. The predicted molar refractivity (Wildman–Crippen MR) is 112 cm³/mol. The molecule has 0 fully saturated rings. The van der Waals surface area contributed by atoms with Gasteiger partial charge < -0.3 is 5.73 Å². The van der Waals surface area contributed by atoms with E-state index in [1.54, 1.807) is 12.1 Å². The Morgan fingerprint density at radius 3 is 2.16 bits per heavy atom. The number of rotatable bonds is 5. The lowest BCUT2D eigenvalue weighted by molar-refractivity contribution is -0.394. The highest BCUT2D eigenvalue weighted by Crippen LogP contribution is 2.34. The fourth-order valence-corrected chi connectivity index (χ4v) is 2.90. The molecule has 2 rings (SSSR count). The molecule has 0 aromatic heterocycles. The average molecular weight is 519 g/mol. The molecular formula is C15H15BrN6O8S. The highest BCUT2D eigenvalue weighted by Gasteiger charge is 2.27. The van der Waals surface area contributed by atoms with Crippen LogP contribution in [0.15, 0.2) is 50.9 Å². The van der Waals surface area contributed by atoms with Gasteiger partial charge in [-0.2, -0.15) is 13.5 Å². The molecule has 31 heavy (non-hydrogen) atoms. The maximum absolute atomic E-state index is 10.9. The fraction of sp³-hybridized carbons (Fsp3) is 0.0667. The molecule has 0 aliphatic rings. The number of nitrogens with one attached hydrogen (secondary N) is 1. The van der Waals surface area contributed by atoms with Crippen molar-refractivity contribution in [2.24, 2.45) is 10.8 Å². The highest BCUT2D eigenvalue weighted by molar-refractivity contribution is 9.10. The van der Waals surface area contributed by atoms with Gasteiger partial charge in [0.25, 0.3) is 21.5 Å². The van der Waals surface area contributed by atoms with Crippen LogP contribution in [0, 0.1) is 32.6 Å². The topological polar surface area (TPSA) is 226 Å². The molecule has 0 bridgehead atoms. The zero-order valence-corrected chi connectivity index (χ0v) is 17.9. The molecule has 0 aliphatic carbocycles. The second kappa shape index (κ2) is 10.5. The van der Waals surface area contributed by atoms with Crippen LogP contribution < -0.4 is 5.73 Å². The molecule has 0 saturated carbocycles. The standard InChI is InChI=1S/C8H7BrN6O5.C7H8O3S/c9-5-1-2-6(14(17)18)4(7(5)15(19)20)3-12-13(16)8(10)11;1-6-2-4-7(5-3-6)11(8,9)10/h1-3,16H,(H3,10,11);2-5H,1H3,(H,8,9,10)/b12-3+;. The number of guanidine groups is 1. The van der Waals surface area contributed by atoms with Crippen molar-refractivity contribution in [1.29, 1.82) is 5.41 Å².